The molecule has 0 unspecified atom stereocenters. The normalized spacial score (nSPS) is 26.7. The number of ether oxygens (including phenoxy) is 3. The molecule has 0 saturated carbocycles. The minimum atomic E-state index is -1.24. The van der Waals surface area contributed by atoms with Gasteiger partial charge in [0.25, 0.3) is 0 Å². The number of nitrogens with zero attached hydrogens (tertiary/aromatic N) is 8. The molecule has 0 radical (unpaired) electrons. The number of methoxy groups -OCH3 is 1. The first kappa shape index (κ1) is 39.6. The summed E-state index contributed by atoms with van der Waals surface area (Å²) in [7, 11) is 3.17. The molecule has 4 aromatic heterocycles. The van der Waals surface area contributed by atoms with Gasteiger partial charge >= 0.3 is 29.6 Å². The van der Waals surface area contributed by atoms with E-state index in [9.17, 15) is 20.4 Å². The molecule has 0 spiro atoms. The van der Waals surface area contributed by atoms with Crippen LogP contribution in [-0.4, -0.2) is 146 Å². The number of nitrogen functional groups attached to an aromatic ring is 2. The van der Waals surface area contributed by atoms with Crippen LogP contribution >= 0.6 is 11.6 Å². The van der Waals surface area contributed by atoms with Crippen LogP contribution in [0.15, 0.2) is 12.7 Å². The zero-order valence-corrected chi connectivity index (χ0v) is 27.8. The second-order valence-electron chi connectivity index (χ2n) is 9.07. The molecule has 4 aromatic rings. The number of nitrogens with two attached hydrogens (primary N) is 2. The first-order valence-electron chi connectivity index (χ1n) is 12.9. The van der Waals surface area contributed by atoms with E-state index in [1.807, 2.05) is 0 Å². The maximum absolute atomic E-state index is 10.0. The van der Waals surface area contributed by atoms with Gasteiger partial charge in [0, 0.05) is 7.11 Å². The van der Waals surface area contributed by atoms with E-state index in [1.165, 1.54) is 28.9 Å². The fourth-order valence-electron chi connectivity index (χ4n) is 4.54. The van der Waals surface area contributed by atoms with E-state index in [0.29, 0.717) is 16.7 Å². The molecular formula is C23H34ClN10NaO11. The van der Waals surface area contributed by atoms with Crippen molar-refractivity contribution < 1.29 is 84.6 Å². The van der Waals surface area contributed by atoms with Crippen LogP contribution < -0.4 is 50.9 Å². The molecule has 46 heavy (non-hydrogen) atoms. The van der Waals surface area contributed by atoms with Crippen LogP contribution in [0.25, 0.3) is 22.3 Å². The number of aliphatic hydroxyl groups excluding tert-OH is 7. The fourth-order valence-corrected chi connectivity index (χ4v) is 4.76. The molecule has 0 aromatic carbocycles. The number of halogens is 1. The summed E-state index contributed by atoms with van der Waals surface area (Å²) < 4.78 is 18.7. The van der Waals surface area contributed by atoms with Crippen LogP contribution in [0.5, 0.6) is 5.88 Å². The molecule has 0 amide bonds. The molecule has 8 atom stereocenters. The van der Waals surface area contributed by atoms with Gasteiger partial charge in [-0.25, -0.2) is 9.97 Å². The summed E-state index contributed by atoms with van der Waals surface area (Å²) in [5.74, 6) is 0.131. The summed E-state index contributed by atoms with van der Waals surface area (Å²) in [5, 5.41) is 73.1. The number of aromatic nitrogens is 8. The van der Waals surface area contributed by atoms with Gasteiger partial charge in [-0.15, -0.1) is 0 Å². The zero-order chi connectivity index (χ0) is 33.6. The Balaban J connectivity index is 0.000000284. The zero-order valence-electron chi connectivity index (χ0n) is 25.1. The molecule has 2 aliphatic heterocycles. The van der Waals surface area contributed by atoms with Crippen LogP contribution in [0.3, 0.4) is 0 Å². The van der Waals surface area contributed by atoms with Gasteiger partial charge in [0.1, 0.15) is 42.1 Å². The Morgan fingerprint density at radius 2 is 1.20 bits per heavy atom. The van der Waals surface area contributed by atoms with Crippen LogP contribution in [0.4, 0.5) is 11.9 Å². The first-order chi connectivity index (χ1) is 21.6. The number of anilines is 2. The molecule has 11 N–H and O–H groups in total. The smallest absolute Gasteiger partial charge is 0.857 e. The number of rotatable bonds is 5. The van der Waals surface area contributed by atoms with Gasteiger partial charge in [0.15, 0.2) is 34.4 Å². The van der Waals surface area contributed by atoms with Gasteiger partial charge in [-0.2, -0.15) is 27.0 Å². The van der Waals surface area contributed by atoms with Crippen molar-refractivity contribution in [2.75, 3.05) is 46.0 Å². The number of aliphatic hydroxyl groups is 7. The number of hydrogen-bond acceptors (Lipinski definition) is 19. The van der Waals surface area contributed by atoms with Gasteiger partial charge < -0.3 is 66.5 Å². The van der Waals surface area contributed by atoms with E-state index in [0.717, 1.165) is 14.2 Å². The standard InChI is InChI=1S/C11H15N5O5.C10H12ClN5O4.CH4O.CH3O.Na/c1-20-9-5-8(14-11(12)15-9)16(3-13-5)10-7(19)6(18)4(2-17)21-10;11-7-4-8(15-10(12)14-7)16(2-13-4)9-6(19)5(18)3(1-17)20-9;2*1-2;/h3-4,6-7,10,17-19H,2H2,1H3,(H2,12,14,15);2-3,5-6,9,17-19H,1H2,(H2,12,14,15);2H,1H3;1H3;/q;;;-1;+1/t4-,6-,7-,10-;3-,5-,6-,9-;;;/m11.../s1. The van der Waals surface area contributed by atoms with E-state index < -0.39 is 62.3 Å². The Morgan fingerprint density at radius 3 is 1.61 bits per heavy atom. The second-order valence-corrected chi connectivity index (χ2v) is 9.43. The summed E-state index contributed by atoms with van der Waals surface area (Å²) in [4.78, 5) is 23.9. The minimum absolute atomic E-state index is 0. The van der Waals surface area contributed by atoms with Crippen molar-refractivity contribution in [2.24, 2.45) is 0 Å². The third-order valence-corrected chi connectivity index (χ3v) is 6.84. The molecule has 6 heterocycles. The summed E-state index contributed by atoms with van der Waals surface area (Å²) in [6, 6.07) is 0. The molecule has 6 rings (SSSR count). The molecule has 0 aliphatic carbocycles. The second kappa shape index (κ2) is 17.5. The fraction of sp³-hybridized carbons (Fsp3) is 0.565. The van der Waals surface area contributed by atoms with Crippen LogP contribution in [0, 0.1) is 0 Å². The summed E-state index contributed by atoms with van der Waals surface area (Å²) in [6.07, 6.45) is -5.83. The van der Waals surface area contributed by atoms with E-state index in [1.54, 1.807) is 0 Å². The maximum atomic E-state index is 10.0. The van der Waals surface area contributed by atoms with Crippen molar-refractivity contribution >= 4 is 45.8 Å². The molecule has 0 bridgehead atoms. The minimum Gasteiger partial charge on any atom is -0.857 e. The molecule has 2 saturated heterocycles. The Hall–Kier alpha value is -2.61. The van der Waals surface area contributed by atoms with Crippen molar-refractivity contribution in [1.29, 1.82) is 0 Å². The van der Waals surface area contributed by atoms with E-state index in [-0.39, 0.29) is 58.1 Å². The number of imidazole rings is 2. The Kier molecular flexibility index (Phi) is 15.1. The molecule has 23 heteroatoms. The number of fused-ring (bicyclic) bond motifs is 2. The SMILES string of the molecule is CO.COc1nc(N)nc2c1ncn2[C@@H]1O[C@H](CO)[C@@H](O)[C@H]1O.C[O-].Nc1nc(Cl)c2ncn([C@@H]3O[C@H](CO)[C@@H](O)[C@H]3O)c2n1.[Na+]. The Bertz CT molecular complexity index is 1550. The topological polar surface area (TPSA) is 332 Å². The van der Waals surface area contributed by atoms with Crippen LogP contribution in [0.1, 0.15) is 12.5 Å². The predicted molar refractivity (Wildman–Crippen MR) is 151 cm³/mol. The summed E-state index contributed by atoms with van der Waals surface area (Å²) in [5.41, 5.74) is 12.4. The van der Waals surface area contributed by atoms with Gasteiger partial charge in [0.05, 0.1) is 33.0 Å². The van der Waals surface area contributed by atoms with Gasteiger partial charge in [-0.1, -0.05) is 11.6 Å². The van der Waals surface area contributed by atoms with Crippen LogP contribution in [0.2, 0.25) is 5.15 Å². The van der Waals surface area contributed by atoms with Gasteiger partial charge in [-0.3, -0.25) is 9.13 Å². The maximum Gasteiger partial charge on any atom is 1.00 e. The van der Waals surface area contributed by atoms with Crippen molar-refractivity contribution in [1.82, 2.24) is 39.0 Å². The summed E-state index contributed by atoms with van der Waals surface area (Å²) in [6.45, 7) is -0.832. The Morgan fingerprint density at radius 1 is 0.783 bits per heavy atom. The molecule has 21 nitrogen and oxygen atoms in total. The molecule has 2 fully saturated rings. The molecule has 2 aliphatic rings. The van der Waals surface area contributed by atoms with Gasteiger partial charge in [0.2, 0.25) is 17.8 Å². The quantitative estimate of drug-likeness (QED) is 0.0696. The average molecular weight is 685 g/mol. The van der Waals surface area contributed by atoms with E-state index in [2.05, 4.69) is 29.9 Å². The third kappa shape index (κ3) is 7.74. The van der Waals surface area contributed by atoms with E-state index in [4.69, 9.17) is 57.7 Å². The predicted octanol–water partition coefficient (Wildman–Crippen LogP) is -7.71. The van der Waals surface area contributed by atoms with E-state index >= 15 is 0 Å². The van der Waals surface area contributed by atoms with Gasteiger partial charge in [-0.05, 0) is 0 Å². The van der Waals surface area contributed by atoms with Crippen molar-refractivity contribution in [3.63, 3.8) is 0 Å². The number of hydrogen-bond donors (Lipinski definition) is 9. The molecular weight excluding hydrogens is 651 g/mol. The largest absolute Gasteiger partial charge is 1.00 e. The monoisotopic (exact) mass is 684 g/mol. The Labute approximate surface area is 287 Å². The first-order valence-corrected chi connectivity index (χ1v) is 13.3. The van der Waals surface area contributed by atoms with Crippen molar-refractivity contribution in [2.45, 2.75) is 49.1 Å². The van der Waals surface area contributed by atoms with Crippen molar-refractivity contribution in [3.8, 4) is 5.88 Å². The average Bonchev–Trinajstić information content (AvgIpc) is 3.80. The summed E-state index contributed by atoms with van der Waals surface area (Å²) >= 11 is 5.90. The van der Waals surface area contributed by atoms with Crippen molar-refractivity contribution in [3.05, 3.63) is 17.8 Å². The third-order valence-electron chi connectivity index (χ3n) is 6.58. The van der Waals surface area contributed by atoms with Crippen LogP contribution in [-0.2, 0) is 9.47 Å². The molecule has 250 valence electrons.